The fourth-order valence-corrected chi connectivity index (χ4v) is 3.63. The van der Waals surface area contributed by atoms with Crippen LogP contribution < -0.4 is 19.1 Å². The third kappa shape index (κ3) is 3.48. The van der Waals surface area contributed by atoms with Gasteiger partial charge in [0.25, 0.3) is 0 Å². The Morgan fingerprint density at radius 3 is 2.72 bits per heavy atom. The third-order valence-electron chi connectivity index (χ3n) is 4.68. The molecule has 2 aromatic rings. The van der Waals surface area contributed by atoms with Gasteiger partial charge in [0, 0.05) is 44.5 Å². The van der Waals surface area contributed by atoms with Crippen molar-refractivity contribution in [1.82, 2.24) is 4.90 Å². The molecule has 2 aromatic carbocycles. The van der Waals surface area contributed by atoms with Gasteiger partial charge in [-0.2, -0.15) is 0 Å². The topological polar surface area (TPSA) is 34.2 Å². The molecule has 2 aliphatic heterocycles. The van der Waals surface area contributed by atoms with Gasteiger partial charge in [-0.05, 0) is 29.8 Å². The van der Waals surface area contributed by atoms with Gasteiger partial charge in [-0.25, -0.2) is 0 Å². The average Bonchev–Trinajstić information content (AvgIpc) is 3.11. The number of ether oxygens (including phenoxy) is 3. The maximum Gasteiger partial charge on any atom is 0.231 e. The molecule has 2 aliphatic rings. The van der Waals surface area contributed by atoms with Gasteiger partial charge in [0.05, 0.1) is 12.1 Å². The molecular weight excluding hydrogens is 340 g/mol. The number of piperazine rings is 1. The molecule has 4 rings (SSSR count). The monoisotopic (exact) mass is 360 g/mol. The molecule has 0 aromatic heterocycles. The van der Waals surface area contributed by atoms with Gasteiger partial charge < -0.3 is 19.1 Å². The van der Waals surface area contributed by atoms with Gasteiger partial charge in [0.15, 0.2) is 11.5 Å². The van der Waals surface area contributed by atoms with Crippen LogP contribution in [0.5, 0.6) is 17.2 Å². The lowest BCUT2D eigenvalue weighted by atomic mass is 10.1. The van der Waals surface area contributed by atoms with E-state index in [-0.39, 0.29) is 6.79 Å². The van der Waals surface area contributed by atoms with Crippen LogP contribution in [0.2, 0.25) is 5.02 Å². The highest BCUT2D eigenvalue weighted by atomic mass is 35.5. The number of fused-ring (bicyclic) bond motifs is 1. The van der Waals surface area contributed by atoms with E-state index in [4.69, 9.17) is 25.8 Å². The van der Waals surface area contributed by atoms with Crippen molar-refractivity contribution in [1.29, 1.82) is 0 Å². The summed E-state index contributed by atoms with van der Waals surface area (Å²) in [6, 6.07) is 12.2. The second-order valence-electron chi connectivity index (χ2n) is 6.28. The molecule has 0 atom stereocenters. The normalized spacial score (nSPS) is 17.0. The highest BCUT2D eigenvalue weighted by Gasteiger charge is 2.21. The van der Waals surface area contributed by atoms with Crippen LogP contribution in [0.15, 0.2) is 36.4 Å². The summed E-state index contributed by atoms with van der Waals surface area (Å²) >= 11 is 6.28. The van der Waals surface area contributed by atoms with Gasteiger partial charge in [0.1, 0.15) is 5.75 Å². The second-order valence-corrected chi connectivity index (χ2v) is 6.68. The van der Waals surface area contributed by atoms with Crippen molar-refractivity contribution in [3.8, 4) is 17.2 Å². The second kappa shape index (κ2) is 7.02. The summed E-state index contributed by atoms with van der Waals surface area (Å²) in [6.45, 7) is 5.10. The molecule has 0 unspecified atom stereocenters. The zero-order valence-corrected chi connectivity index (χ0v) is 15.0. The van der Waals surface area contributed by atoms with Crippen LogP contribution in [0.4, 0.5) is 5.69 Å². The molecule has 25 heavy (non-hydrogen) atoms. The summed E-state index contributed by atoms with van der Waals surface area (Å²) in [4.78, 5) is 4.83. The molecule has 1 fully saturated rings. The number of benzene rings is 2. The van der Waals surface area contributed by atoms with Gasteiger partial charge in [-0.3, -0.25) is 4.90 Å². The Kier molecular flexibility index (Phi) is 4.59. The largest absolute Gasteiger partial charge is 0.497 e. The minimum Gasteiger partial charge on any atom is -0.497 e. The Labute approximate surface area is 152 Å². The first kappa shape index (κ1) is 16.4. The predicted molar refractivity (Wildman–Crippen MR) is 98.1 cm³/mol. The van der Waals surface area contributed by atoms with Crippen molar-refractivity contribution in [3.63, 3.8) is 0 Å². The number of halogens is 1. The molecule has 5 nitrogen and oxygen atoms in total. The lowest BCUT2D eigenvalue weighted by molar-refractivity contribution is 0.174. The predicted octanol–water partition coefficient (Wildman–Crippen LogP) is 3.40. The van der Waals surface area contributed by atoms with Gasteiger partial charge >= 0.3 is 0 Å². The first-order chi connectivity index (χ1) is 12.2. The Morgan fingerprint density at radius 1 is 1.08 bits per heavy atom. The van der Waals surface area contributed by atoms with Crippen LogP contribution in [0.3, 0.4) is 0 Å². The maximum atomic E-state index is 6.28. The van der Waals surface area contributed by atoms with Gasteiger partial charge in [-0.15, -0.1) is 0 Å². The number of nitrogens with zero attached hydrogens (tertiary/aromatic N) is 2. The summed E-state index contributed by atoms with van der Waals surface area (Å²) in [7, 11) is 1.70. The minimum atomic E-state index is 0.248. The Bertz CT molecular complexity index is 760. The highest BCUT2D eigenvalue weighted by molar-refractivity contribution is 6.32. The lowest BCUT2D eigenvalue weighted by Crippen LogP contribution is -2.45. The SMILES string of the molecule is COc1cccc(N2CCN(Cc3cc(Cl)c4c(c3)OCO4)CC2)c1. The quantitative estimate of drug-likeness (QED) is 0.834. The van der Waals surface area contributed by atoms with E-state index in [9.17, 15) is 0 Å². The first-order valence-corrected chi connectivity index (χ1v) is 8.80. The molecule has 0 spiro atoms. The van der Waals surface area contributed by atoms with E-state index in [1.54, 1.807) is 7.11 Å². The van der Waals surface area contributed by atoms with Crippen molar-refractivity contribution in [2.24, 2.45) is 0 Å². The number of hydrogen-bond acceptors (Lipinski definition) is 5. The molecule has 0 saturated carbocycles. The Balaban J connectivity index is 1.38. The van der Waals surface area contributed by atoms with E-state index < -0.39 is 0 Å². The summed E-state index contributed by atoms with van der Waals surface area (Å²) < 4.78 is 16.2. The summed E-state index contributed by atoms with van der Waals surface area (Å²) in [5, 5.41) is 0.625. The van der Waals surface area contributed by atoms with Gasteiger partial charge in [-0.1, -0.05) is 17.7 Å². The maximum absolute atomic E-state index is 6.28. The van der Waals surface area contributed by atoms with Crippen LogP contribution in [-0.2, 0) is 6.54 Å². The molecule has 2 heterocycles. The molecule has 132 valence electrons. The van der Waals surface area contributed by atoms with Crippen LogP contribution in [0.25, 0.3) is 0 Å². The van der Waals surface area contributed by atoms with Crippen molar-refractivity contribution in [2.45, 2.75) is 6.54 Å². The van der Waals surface area contributed by atoms with Gasteiger partial charge in [0.2, 0.25) is 6.79 Å². The summed E-state index contributed by atoms with van der Waals surface area (Å²) in [5.41, 5.74) is 2.37. The van der Waals surface area contributed by atoms with Crippen molar-refractivity contribution < 1.29 is 14.2 Å². The molecule has 6 heteroatoms. The van der Waals surface area contributed by atoms with E-state index in [0.29, 0.717) is 10.8 Å². The molecule has 0 N–H and O–H groups in total. The Morgan fingerprint density at radius 2 is 1.92 bits per heavy atom. The molecular formula is C19H21ClN2O3. The van der Waals surface area contributed by atoms with E-state index in [1.165, 1.54) is 5.69 Å². The first-order valence-electron chi connectivity index (χ1n) is 8.42. The molecule has 0 amide bonds. The highest BCUT2D eigenvalue weighted by Crippen LogP contribution is 2.40. The fraction of sp³-hybridized carbons (Fsp3) is 0.368. The number of rotatable bonds is 4. The zero-order chi connectivity index (χ0) is 17.2. The third-order valence-corrected chi connectivity index (χ3v) is 4.96. The van der Waals surface area contributed by atoms with E-state index in [0.717, 1.165) is 49.8 Å². The molecule has 0 radical (unpaired) electrons. The van der Waals surface area contributed by atoms with E-state index in [1.807, 2.05) is 24.3 Å². The smallest absolute Gasteiger partial charge is 0.231 e. The number of anilines is 1. The molecule has 0 aliphatic carbocycles. The lowest BCUT2D eigenvalue weighted by Gasteiger charge is -2.36. The summed E-state index contributed by atoms with van der Waals surface area (Å²) in [6.07, 6.45) is 0. The molecule has 1 saturated heterocycles. The number of methoxy groups -OCH3 is 1. The van der Waals surface area contributed by atoms with Crippen molar-refractivity contribution in [3.05, 3.63) is 47.0 Å². The fourth-order valence-electron chi connectivity index (χ4n) is 3.34. The minimum absolute atomic E-state index is 0.248. The van der Waals surface area contributed by atoms with E-state index in [2.05, 4.69) is 21.9 Å². The standard InChI is InChI=1S/C19H21ClN2O3/c1-23-16-4-2-3-15(11-16)22-7-5-21(6-8-22)12-14-9-17(20)19-18(10-14)24-13-25-19/h2-4,9-11H,5-8,12-13H2,1H3. The van der Waals surface area contributed by atoms with Crippen LogP contribution in [0.1, 0.15) is 5.56 Å². The van der Waals surface area contributed by atoms with Crippen LogP contribution in [-0.4, -0.2) is 45.0 Å². The van der Waals surface area contributed by atoms with Crippen molar-refractivity contribution >= 4 is 17.3 Å². The van der Waals surface area contributed by atoms with Crippen molar-refractivity contribution in [2.75, 3.05) is 45.0 Å². The zero-order valence-electron chi connectivity index (χ0n) is 14.2. The van der Waals surface area contributed by atoms with Crippen LogP contribution in [0, 0.1) is 0 Å². The average molecular weight is 361 g/mol. The van der Waals surface area contributed by atoms with Crippen LogP contribution >= 0.6 is 11.6 Å². The summed E-state index contributed by atoms with van der Waals surface area (Å²) in [5.74, 6) is 2.31. The molecule has 0 bridgehead atoms. The Hall–Kier alpha value is -2.11. The van der Waals surface area contributed by atoms with E-state index >= 15 is 0 Å². The number of hydrogen-bond donors (Lipinski definition) is 0.